The second-order valence-electron chi connectivity index (χ2n) is 4.90. The van der Waals surface area contributed by atoms with Crippen LogP contribution in [0.4, 0.5) is 8.78 Å². The maximum atomic E-state index is 12.4. The fourth-order valence-electron chi connectivity index (χ4n) is 2.43. The highest BCUT2D eigenvalue weighted by molar-refractivity contribution is 9.10. The number of hydrogen-bond donors (Lipinski definition) is 1. The number of alkyl halides is 2. The molecule has 0 spiro atoms. The van der Waals surface area contributed by atoms with E-state index in [1.165, 1.54) is 0 Å². The lowest BCUT2D eigenvalue weighted by Gasteiger charge is -2.25. The Morgan fingerprint density at radius 3 is 2.89 bits per heavy atom. The Morgan fingerprint density at radius 2 is 2.28 bits per heavy atom. The molecule has 1 saturated heterocycles. The van der Waals surface area contributed by atoms with E-state index in [1.54, 1.807) is 12.1 Å². The molecule has 1 unspecified atom stereocenters. The fraction of sp³-hybridized carbons (Fsp3) is 0.538. The minimum atomic E-state index is -2.78. The summed E-state index contributed by atoms with van der Waals surface area (Å²) in [6, 6.07) is 5.15. The van der Waals surface area contributed by atoms with E-state index in [-0.39, 0.29) is 11.3 Å². The Bertz CT molecular complexity index is 419. The molecule has 0 aliphatic carbocycles. The molecule has 2 rings (SSSR count). The van der Waals surface area contributed by atoms with Gasteiger partial charge >= 0.3 is 6.61 Å². The van der Waals surface area contributed by atoms with Gasteiger partial charge in [-0.25, -0.2) is 0 Å². The minimum Gasteiger partial charge on any atom is -0.435 e. The summed E-state index contributed by atoms with van der Waals surface area (Å²) in [5.74, 6) is 0.267. The van der Waals surface area contributed by atoms with Crippen LogP contribution in [0.5, 0.6) is 5.75 Å². The number of benzene rings is 1. The fourth-order valence-corrected chi connectivity index (χ4v) is 2.83. The predicted molar refractivity (Wildman–Crippen MR) is 70.1 cm³/mol. The zero-order valence-corrected chi connectivity index (χ0v) is 11.8. The second-order valence-corrected chi connectivity index (χ2v) is 5.81. The van der Waals surface area contributed by atoms with Crippen molar-refractivity contribution in [1.82, 2.24) is 5.32 Å². The first-order chi connectivity index (χ1) is 8.48. The maximum absolute atomic E-state index is 12.4. The van der Waals surface area contributed by atoms with Gasteiger partial charge in [-0.05, 0) is 56.5 Å². The minimum absolute atomic E-state index is 0.0268. The average Bonchev–Trinajstić information content (AvgIpc) is 2.68. The van der Waals surface area contributed by atoms with Crippen LogP contribution >= 0.6 is 15.9 Å². The zero-order valence-electron chi connectivity index (χ0n) is 10.2. The van der Waals surface area contributed by atoms with Crippen LogP contribution in [0.25, 0.3) is 0 Å². The predicted octanol–water partition coefficient (Wildman–Crippen LogP) is 3.74. The summed E-state index contributed by atoms with van der Waals surface area (Å²) in [6.45, 7) is 0.317. The Balaban J connectivity index is 2.21. The van der Waals surface area contributed by atoms with Crippen molar-refractivity contribution in [3.05, 3.63) is 28.2 Å². The SMILES string of the molecule is CC1(Cc2cc(Br)ccc2OC(F)F)CCCN1. The molecule has 0 bridgehead atoms. The zero-order chi connectivity index (χ0) is 13.2. The highest BCUT2D eigenvalue weighted by Crippen LogP contribution is 2.31. The Labute approximate surface area is 114 Å². The third-order valence-electron chi connectivity index (χ3n) is 3.28. The van der Waals surface area contributed by atoms with E-state index >= 15 is 0 Å². The van der Waals surface area contributed by atoms with Gasteiger partial charge in [0.05, 0.1) is 0 Å². The third kappa shape index (κ3) is 3.42. The molecule has 0 amide bonds. The summed E-state index contributed by atoms with van der Waals surface area (Å²) in [6.07, 6.45) is 2.86. The maximum Gasteiger partial charge on any atom is 0.387 e. The molecule has 1 fully saturated rings. The van der Waals surface area contributed by atoms with Gasteiger partial charge in [-0.2, -0.15) is 8.78 Å². The molecule has 1 atom stereocenters. The highest BCUT2D eigenvalue weighted by Gasteiger charge is 2.29. The van der Waals surface area contributed by atoms with Gasteiger partial charge in [0.25, 0.3) is 0 Å². The molecule has 100 valence electrons. The third-order valence-corrected chi connectivity index (χ3v) is 3.77. The van der Waals surface area contributed by atoms with E-state index in [0.717, 1.165) is 29.4 Å². The Morgan fingerprint density at radius 1 is 1.50 bits per heavy atom. The van der Waals surface area contributed by atoms with E-state index in [1.807, 2.05) is 6.07 Å². The lowest BCUT2D eigenvalue weighted by molar-refractivity contribution is -0.0506. The van der Waals surface area contributed by atoms with Gasteiger partial charge in [0.1, 0.15) is 5.75 Å². The molecule has 2 nitrogen and oxygen atoms in total. The van der Waals surface area contributed by atoms with Crippen LogP contribution in [0.3, 0.4) is 0 Å². The van der Waals surface area contributed by atoms with Gasteiger partial charge in [0, 0.05) is 10.0 Å². The van der Waals surface area contributed by atoms with Crippen LogP contribution in [-0.4, -0.2) is 18.7 Å². The van der Waals surface area contributed by atoms with Crippen molar-refractivity contribution in [3.63, 3.8) is 0 Å². The number of rotatable bonds is 4. The molecule has 1 aromatic carbocycles. The summed E-state index contributed by atoms with van der Waals surface area (Å²) >= 11 is 3.37. The smallest absolute Gasteiger partial charge is 0.387 e. The van der Waals surface area contributed by atoms with Gasteiger partial charge in [-0.1, -0.05) is 15.9 Å². The molecule has 1 aromatic rings. The van der Waals surface area contributed by atoms with Crippen molar-refractivity contribution in [2.75, 3.05) is 6.54 Å². The molecular formula is C13H16BrF2NO. The number of ether oxygens (including phenoxy) is 1. The summed E-state index contributed by atoms with van der Waals surface area (Å²) in [4.78, 5) is 0. The van der Waals surface area contributed by atoms with Gasteiger partial charge < -0.3 is 10.1 Å². The van der Waals surface area contributed by atoms with E-state index < -0.39 is 6.61 Å². The summed E-state index contributed by atoms with van der Waals surface area (Å²) in [7, 11) is 0. The Kier molecular flexibility index (Phi) is 4.22. The van der Waals surface area contributed by atoms with Crippen LogP contribution in [0, 0.1) is 0 Å². The number of nitrogens with one attached hydrogen (secondary N) is 1. The molecule has 5 heteroatoms. The molecular weight excluding hydrogens is 304 g/mol. The van der Waals surface area contributed by atoms with E-state index in [9.17, 15) is 8.78 Å². The lowest BCUT2D eigenvalue weighted by Crippen LogP contribution is -2.38. The molecule has 1 heterocycles. The summed E-state index contributed by atoms with van der Waals surface area (Å²) < 4.78 is 30.2. The standard InChI is InChI=1S/C13H16BrF2NO/c1-13(5-2-6-17-13)8-9-7-10(14)3-4-11(9)18-12(15)16/h3-4,7,12,17H,2,5-6,8H2,1H3. The van der Waals surface area contributed by atoms with Crippen molar-refractivity contribution in [1.29, 1.82) is 0 Å². The summed E-state index contributed by atoms with van der Waals surface area (Å²) in [5.41, 5.74) is 0.780. The van der Waals surface area contributed by atoms with Crippen LogP contribution in [0.15, 0.2) is 22.7 Å². The largest absolute Gasteiger partial charge is 0.435 e. The first-order valence-corrected chi connectivity index (χ1v) is 6.76. The Hall–Kier alpha value is -0.680. The first kappa shape index (κ1) is 13.7. The molecule has 1 N–H and O–H groups in total. The topological polar surface area (TPSA) is 21.3 Å². The molecule has 0 saturated carbocycles. The van der Waals surface area contributed by atoms with Crippen molar-refractivity contribution in [2.24, 2.45) is 0 Å². The first-order valence-electron chi connectivity index (χ1n) is 5.97. The number of halogens is 3. The quantitative estimate of drug-likeness (QED) is 0.913. The van der Waals surface area contributed by atoms with E-state index in [2.05, 4.69) is 32.9 Å². The normalized spacial score (nSPS) is 23.6. The van der Waals surface area contributed by atoms with E-state index in [4.69, 9.17) is 0 Å². The van der Waals surface area contributed by atoms with Crippen molar-refractivity contribution in [2.45, 2.75) is 38.3 Å². The van der Waals surface area contributed by atoms with E-state index in [0.29, 0.717) is 6.42 Å². The molecule has 18 heavy (non-hydrogen) atoms. The highest BCUT2D eigenvalue weighted by atomic mass is 79.9. The monoisotopic (exact) mass is 319 g/mol. The van der Waals surface area contributed by atoms with Crippen LogP contribution in [0.1, 0.15) is 25.3 Å². The van der Waals surface area contributed by atoms with Crippen LogP contribution < -0.4 is 10.1 Å². The molecule has 0 radical (unpaired) electrons. The second kappa shape index (κ2) is 5.53. The van der Waals surface area contributed by atoms with Crippen molar-refractivity contribution < 1.29 is 13.5 Å². The van der Waals surface area contributed by atoms with Crippen molar-refractivity contribution >= 4 is 15.9 Å². The number of hydrogen-bond acceptors (Lipinski definition) is 2. The molecule has 0 aromatic heterocycles. The van der Waals surface area contributed by atoms with Crippen LogP contribution in [-0.2, 0) is 6.42 Å². The van der Waals surface area contributed by atoms with Crippen molar-refractivity contribution in [3.8, 4) is 5.75 Å². The summed E-state index contributed by atoms with van der Waals surface area (Å²) in [5, 5.41) is 3.42. The lowest BCUT2D eigenvalue weighted by atomic mass is 9.91. The average molecular weight is 320 g/mol. The van der Waals surface area contributed by atoms with Crippen LogP contribution in [0.2, 0.25) is 0 Å². The van der Waals surface area contributed by atoms with Gasteiger partial charge in [-0.3, -0.25) is 0 Å². The van der Waals surface area contributed by atoms with Gasteiger partial charge in [-0.15, -0.1) is 0 Å². The van der Waals surface area contributed by atoms with Gasteiger partial charge in [0.15, 0.2) is 0 Å². The molecule has 1 aliphatic heterocycles. The molecule has 1 aliphatic rings. The van der Waals surface area contributed by atoms with Gasteiger partial charge in [0.2, 0.25) is 0 Å².